The molecule has 0 spiro atoms. The molecule has 12 nitrogen and oxygen atoms in total. The molecule has 0 saturated heterocycles. The fourth-order valence-electron chi connectivity index (χ4n) is 4.33. The van der Waals surface area contributed by atoms with Crippen LogP contribution < -0.4 is 11.1 Å². The van der Waals surface area contributed by atoms with E-state index in [2.05, 4.69) is 20.5 Å². The molecule has 0 aliphatic heterocycles. The van der Waals surface area contributed by atoms with E-state index in [4.69, 9.17) is 5.73 Å². The summed E-state index contributed by atoms with van der Waals surface area (Å²) in [7, 11) is 0. The summed E-state index contributed by atoms with van der Waals surface area (Å²) in [5.74, 6) is -1.95. The molecule has 0 atom stereocenters. The minimum atomic E-state index is -0.884. The minimum Gasteiger partial charge on any atom is -0.507 e. The maximum Gasteiger partial charge on any atom is 0.281 e. The highest BCUT2D eigenvalue weighted by Crippen LogP contribution is 2.42. The third-order valence-corrected chi connectivity index (χ3v) is 6.18. The van der Waals surface area contributed by atoms with Gasteiger partial charge < -0.3 is 16.2 Å². The SMILES string of the molecule is Cc1c(C#N)c(N)nc(Nc2ccccc2)c1/N=N/c1ccc([N+](=O)[O-])c2c1C(=O)c1cccc(O)c1C2=O. The van der Waals surface area contributed by atoms with E-state index in [9.17, 15) is 30.1 Å². The van der Waals surface area contributed by atoms with Crippen molar-refractivity contribution in [3.8, 4) is 11.8 Å². The van der Waals surface area contributed by atoms with Gasteiger partial charge in [-0.3, -0.25) is 19.7 Å². The Balaban J connectivity index is 1.70. The van der Waals surface area contributed by atoms with E-state index in [1.165, 1.54) is 24.3 Å². The van der Waals surface area contributed by atoms with Crippen LogP contribution in [0.2, 0.25) is 0 Å². The summed E-state index contributed by atoms with van der Waals surface area (Å²) in [5.41, 5.74) is 5.18. The van der Waals surface area contributed by atoms with Crippen molar-refractivity contribution in [2.75, 3.05) is 11.1 Å². The number of aromatic hydroxyl groups is 1. The van der Waals surface area contributed by atoms with Crippen LogP contribution in [0.4, 0.5) is 34.4 Å². The van der Waals surface area contributed by atoms with Gasteiger partial charge in [0.05, 0.1) is 27.3 Å². The number of benzene rings is 3. The van der Waals surface area contributed by atoms with Crippen molar-refractivity contribution in [2.24, 2.45) is 10.2 Å². The second-order valence-corrected chi connectivity index (χ2v) is 8.47. The largest absolute Gasteiger partial charge is 0.507 e. The first-order chi connectivity index (χ1) is 18.7. The highest BCUT2D eigenvalue weighted by molar-refractivity contribution is 6.32. The standard InChI is InChI=1S/C27H17N7O5/c1-13-16(12-28)26(29)31-27(30-14-6-3-2-4-7-14)23(13)33-32-17-10-11-18(34(38)39)22-21(17)24(36)15-8-5-9-19(35)20(15)25(22)37/h2-11,35H,1H3,(H3,29,30,31)/b33-32+. The summed E-state index contributed by atoms with van der Waals surface area (Å²) in [6.07, 6.45) is 0. The number of phenolic OH excluding ortho intramolecular Hbond substituents is 1. The molecule has 12 heteroatoms. The molecule has 4 N–H and O–H groups in total. The number of para-hydroxylation sites is 1. The average Bonchev–Trinajstić information content (AvgIpc) is 2.91. The Morgan fingerprint density at radius 2 is 1.74 bits per heavy atom. The summed E-state index contributed by atoms with van der Waals surface area (Å²) in [5, 5.41) is 43.1. The van der Waals surface area contributed by atoms with Gasteiger partial charge in [0.15, 0.2) is 11.6 Å². The second-order valence-electron chi connectivity index (χ2n) is 8.47. The Bertz CT molecular complexity index is 1790. The molecule has 5 rings (SSSR count). The summed E-state index contributed by atoms with van der Waals surface area (Å²) < 4.78 is 0. The lowest BCUT2D eigenvalue weighted by Gasteiger charge is -2.19. The van der Waals surface area contributed by atoms with Crippen molar-refractivity contribution in [2.45, 2.75) is 6.92 Å². The number of carbonyl (C=O) groups is 2. The number of phenols is 1. The summed E-state index contributed by atoms with van der Waals surface area (Å²) in [6, 6.07) is 17.1. The van der Waals surface area contributed by atoms with Gasteiger partial charge in [-0.2, -0.15) is 5.26 Å². The Morgan fingerprint density at radius 1 is 1.00 bits per heavy atom. The monoisotopic (exact) mass is 519 g/mol. The minimum absolute atomic E-state index is 0.0303. The van der Waals surface area contributed by atoms with Crippen molar-refractivity contribution in [1.82, 2.24) is 4.98 Å². The third-order valence-electron chi connectivity index (χ3n) is 6.18. The molecule has 3 aromatic carbocycles. The van der Waals surface area contributed by atoms with Gasteiger partial charge in [0, 0.05) is 22.9 Å². The van der Waals surface area contributed by atoms with E-state index < -0.39 is 33.5 Å². The Labute approximate surface area is 220 Å². The molecule has 0 fully saturated rings. The van der Waals surface area contributed by atoms with Gasteiger partial charge in [0.1, 0.15) is 28.9 Å². The van der Waals surface area contributed by atoms with E-state index >= 15 is 0 Å². The van der Waals surface area contributed by atoms with Gasteiger partial charge >= 0.3 is 0 Å². The van der Waals surface area contributed by atoms with Crippen LogP contribution in [0.1, 0.15) is 43.0 Å². The molecule has 0 radical (unpaired) electrons. The number of aromatic nitrogens is 1. The van der Waals surface area contributed by atoms with E-state index in [1.807, 2.05) is 12.1 Å². The number of pyridine rings is 1. The maximum atomic E-state index is 13.5. The Hall–Kier alpha value is -5.96. The number of hydrogen-bond donors (Lipinski definition) is 3. The predicted octanol–water partition coefficient (Wildman–Crippen LogP) is 5.39. The lowest BCUT2D eigenvalue weighted by atomic mass is 9.82. The van der Waals surface area contributed by atoms with Crippen LogP contribution in [0.25, 0.3) is 0 Å². The highest BCUT2D eigenvalue weighted by Gasteiger charge is 2.39. The van der Waals surface area contributed by atoms with Crippen LogP contribution in [-0.2, 0) is 0 Å². The fraction of sp³-hybridized carbons (Fsp3) is 0.0370. The molecule has 1 aromatic heterocycles. The number of nitrogens with one attached hydrogen (secondary N) is 1. The number of nitro benzene ring substituents is 1. The van der Waals surface area contributed by atoms with Gasteiger partial charge in [-0.1, -0.05) is 30.3 Å². The summed E-state index contributed by atoms with van der Waals surface area (Å²) in [6.45, 7) is 1.60. The molecule has 1 heterocycles. The first-order valence-electron chi connectivity index (χ1n) is 11.4. The molecule has 1 aliphatic rings. The number of nitrogens with two attached hydrogens (primary N) is 1. The lowest BCUT2D eigenvalue weighted by Crippen LogP contribution is -2.22. The number of rotatable bonds is 5. The molecule has 39 heavy (non-hydrogen) atoms. The second kappa shape index (κ2) is 9.49. The number of nitrogens with zero attached hydrogens (tertiary/aromatic N) is 5. The number of nitriles is 1. The number of ketones is 2. The molecular formula is C27H17N7O5. The smallest absolute Gasteiger partial charge is 0.281 e. The highest BCUT2D eigenvalue weighted by atomic mass is 16.6. The number of azo groups is 1. The first kappa shape index (κ1) is 24.7. The van der Waals surface area contributed by atoms with Crippen molar-refractivity contribution >= 4 is 46.0 Å². The van der Waals surface area contributed by atoms with Gasteiger partial charge in [-0.25, -0.2) is 4.98 Å². The number of nitro groups is 1. The van der Waals surface area contributed by atoms with Crippen molar-refractivity contribution < 1.29 is 19.6 Å². The van der Waals surface area contributed by atoms with Crippen molar-refractivity contribution in [3.63, 3.8) is 0 Å². The van der Waals surface area contributed by atoms with Crippen LogP contribution in [-0.4, -0.2) is 26.6 Å². The van der Waals surface area contributed by atoms with E-state index in [1.54, 1.807) is 31.2 Å². The van der Waals surface area contributed by atoms with Crippen LogP contribution in [0.15, 0.2) is 70.9 Å². The number of anilines is 3. The zero-order chi connectivity index (χ0) is 27.8. The molecule has 0 saturated carbocycles. The first-order valence-corrected chi connectivity index (χ1v) is 11.4. The van der Waals surface area contributed by atoms with E-state index in [0.717, 1.165) is 6.07 Å². The topological polar surface area (TPSA) is 197 Å². The molecule has 0 amide bonds. The number of carbonyl (C=O) groups excluding carboxylic acids is 2. The Morgan fingerprint density at radius 3 is 2.44 bits per heavy atom. The summed E-state index contributed by atoms with van der Waals surface area (Å²) in [4.78, 5) is 42.0. The van der Waals surface area contributed by atoms with Crippen LogP contribution >= 0.6 is 0 Å². The van der Waals surface area contributed by atoms with Gasteiger partial charge in [0.25, 0.3) is 5.69 Å². The molecule has 0 unspecified atom stereocenters. The Kier molecular flexibility index (Phi) is 6.01. The van der Waals surface area contributed by atoms with Crippen LogP contribution in [0.3, 0.4) is 0 Å². The quantitative estimate of drug-likeness (QED) is 0.155. The lowest BCUT2D eigenvalue weighted by molar-refractivity contribution is -0.385. The van der Waals surface area contributed by atoms with Crippen molar-refractivity contribution in [1.29, 1.82) is 5.26 Å². The zero-order valence-corrected chi connectivity index (χ0v) is 20.2. The zero-order valence-electron chi connectivity index (χ0n) is 20.2. The fourth-order valence-corrected chi connectivity index (χ4v) is 4.33. The molecule has 4 aromatic rings. The number of hydrogen-bond acceptors (Lipinski definition) is 11. The normalized spacial score (nSPS) is 12.1. The van der Waals surface area contributed by atoms with E-state index in [-0.39, 0.29) is 45.3 Å². The van der Waals surface area contributed by atoms with Gasteiger partial charge in [-0.15, -0.1) is 10.2 Å². The predicted molar refractivity (Wildman–Crippen MR) is 140 cm³/mol. The van der Waals surface area contributed by atoms with E-state index in [0.29, 0.717) is 11.3 Å². The average molecular weight is 519 g/mol. The maximum absolute atomic E-state index is 13.5. The molecule has 0 bridgehead atoms. The molecule has 190 valence electrons. The van der Waals surface area contributed by atoms with Crippen molar-refractivity contribution in [3.05, 3.63) is 104 Å². The summed E-state index contributed by atoms with van der Waals surface area (Å²) >= 11 is 0. The van der Waals surface area contributed by atoms with Gasteiger partial charge in [0.2, 0.25) is 5.78 Å². The van der Waals surface area contributed by atoms with Crippen LogP contribution in [0, 0.1) is 28.4 Å². The number of fused-ring (bicyclic) bond motifs is 2. The molecular weight excluding hydrogens is 502 g/mol. The van der Waals surface area contributed by atoms with Crippen LogP contribution in [0.5, 0.6) is 5.75 Å². The molecule has 1 aliphatic carbocycles. The third kappa shape index (κ3) is 4.09. The number of nitrogen functional groups attached to an aromatic ring is 1. The van der Waals surface area contributed by atoms with Gasteiger partial charge in [-0.05, 0) is 31.2 Å².